The summed E-state index contributed by atoms with van der Waals surface area (Å²) in [4.78, 5) is 45.8. The molecule has 0 saturated heterocycles. The maximum Gasteiger partial charge on any atom is 0.225 e. The first-order chi connectivity index (χ1) is 33.8. The van der Waals surface area contributed by atoms with Gasteiger partial charge < -0.3 is 24.8 Å². The molecule has 12 rings (SSSR count). The monoisotopic (exact) mass is 927 g/mol. The number of anilines is 1. The van der Waals surface area contributed by atoms with E-state index in [1.165, 1.54) is 4.52 Å². The highest BCUT2D eigenvalue weighted by Gasteiger charge is 2.32. The normalized spacial score (nSPS) is 19.4. The van der Waals surface area contributed by atoms with Crippen molar-refractivity contribution in [3.63, 3.8) is 0 Å². The molecule has 0 aliphatic heterocycles. The van der Waals surface area contributed by atoms with Crippen LogP contribution in [0.2, 0.25) is 0 Å². The van der Waals surface area contributed by atoms with E-state index in [4.69, 9.17) is 14.6 Å². The van der Waals surface area contributed by atoms with E-state index in [1.807, 2.05) is 60.7 Å². The van der Waals surface area contributed by atoms with Crippen LogP contribution in [0, 0.1) is 11.8 Å². The minimum absolute atomic E-state index is 0.0561. The number of aromatic nitrogens is 12. The van der Waals surface area contributed by atoms with Gasteiger partial charge in [-0.15, -0.1) is 10.2 Å². The molecule has 69 heavy (non-hydrogen) atoms. The van der Waals surface area contributed by atoms with Crippen molar-refractivity contribution in [3.8, 4) is 23.2 Å². The number of carbonyl (C=O) groups is 2. The molecule has 2 saturated carbocycles. The number of aliphatic hydroxyl groups is 2. The molecule has 8 aromatic heterocycles. The number of rotatable bonds is 12. The third-order valence-corrected chi connectivity index (χ3v) is 13.4. The summed E-state index contributed by atoms with van der Waals surface area (Å²) in [5.74, 6) is 2.74. The Morgan fingerprint density at radius 1 is 0.594 bits per heavy atom. The lowest BCUT2D eigenvalue weighted by molar-refractivity contribution is -0.123. The van der Waals surface area contributed by atoms with Crippen LogP contribution in [0.15, 0.2) is 125 Å². The summed E-state index contributed by atoms with van der Waals surface area (Å²) in [6, 6.07) is 25.2. The van der Waals surface area contributed by atoms with Gasteiger partial charge in [-0.25, -0.2) is 28.8 Å². The summed E-state index contributed by atoms with van der Waals surface area (Å²) in [6.45, 7) is 0. The highest BCUT2D eigenvalue weighted by Crippen LogP contribution is 2.35. The molecule has 0 spiro atoms. The van der Waals surface area contributed by atoms with E-state index in [0.717, 1.165) is 62.5 Å². The van der Waals surface area contributed by atoms with Crippen LogP contribution in [-0.2, 0) is 9.59 Å². The maximum absolute atomic E-state index is 13.7. The van der Waals surface area contributed by atoms with Gasteiger partial charge in [0, 0.05) is 12.8 Å². The number of carbonyl (C=O) groups excluding carboxylic acids is 2. The van der Waals surface area contributed by atoms with Crippen LogP contribution in [0.5, 0.6) is 0 Å². The van der Waals surface area contributed by atoms with E-state index in [9.17, 15) is 19.8 Å². The van der Waals surface area contributed by atoms with Crippen molar-refractivity contribution in [2.45, 2.75) is 88.5 Å². The first-order valence-electron chi connectivity index (χ1n) is 23.3. The Kier molecular flexibility index (Phi) is 11.8. The van der Waals surface area contributed by atoms with Crippen molar-refractivity contribution < 1.29 is 28.6 Å². The largest absolute Gasteiger partial charge is 0.461 e. The Morgan fingerprint density at radius 3 is 1.61 bits per heavy atom. The van der Waals surface area contributed by atoms with Gasteiger partial charge in [0.1, 0.15) is 18.4 Å². The van der Waals surface area contributed by atoms with Crippen molar-refractivity contribution in [2.75, 3.05) is 5.73 Å². The minimum atomic E-state index is -0.651. The van der Waals surface area contributed by atoms with Crippen molar-refractivity contribution >= 4 is 50.9 Å². The summed E-state index contributed by atoms with van der Waals surface area (Å²) in [5, 5.41) is 39.1. The molecule has 2 atom stereocenters. The molecule has 350 valence electrons. The van der Waals surface area contributed by atoms with E-state index in [0.29, 0.717) is 69.4 Å². The first-order valence-corrected chi connectivity index (χ1v) is 23.3. The number of Topliss-reactive ketones (excluding diaryl/α,β-unsaturated/α-hetero) is 2. The Morgan fingerprint density at radius 2 is 1.09 bits per heavy atom. The summed E-state index contributed by atoms with van der Waals surface area (Å²) in [5.41, 5.74) is 10.1. The Balaban J connectivity index is 0.000000151. The summed E-state index contributed by atoms with van der Waals surface area (Å²) in [6.07, 6.45) is 14.8. The predicted molar refractivity (Wildman–Crippen MR) is 252 cm³/mol. The molecular weight excluding hydrogens is 879 g/mol. The van der Waals surface area contributed by atoms with Gasteiger partial charge in [0.25, 0.3) is 0 Å². The second-order valence-corrected chi connectivity index (χ2v) is 18.0. The highest BCUT2D eigenvalue weighted by atomic mass is 16.3. The number of ketones is 2. The molecule has 4 N–H and O–H groups in total. The molecule has 19 nitrogen and oxygen atoms in total. The van der Waals surface area contributed by atoms with Gasteiger partial charge in [0.05, 0.1) is 47.9 Å². The molecule has 8 heterocycles. The van der Waals surface area contributed by atoms with Crippen molar-refractivity contribution in [2.24, 2.45) is 11.8 Å². The van der Waals surface area contributed by atoms with Gasteiger partial charge in [-0.1, -0.05) is 60.7 Å². The van der Waals surface area contributed by atoms with Gasteiger partial charge in [-0.2, -0.15) is 19.7 Å². The van der Waals surface area contributed by atoms with E-state index in [-0.39, 0.29) is 41.6 Å². The van der Waals surface area contributed by atoms with Crippen LogP contribution in [0.4, 0.5) is 5.95 Å². The molecule has 2 aliphatic carbocycles. The standard InChI is InChI=1S/C25H25N7O3.C25H24N6O3/c26-25-29-24-18(23-28-22(30-32(23)25)20-7-4-12-35-20)14-27-31(24)21(16-5-2-1-3-6-16)19(34)13-15-8-10-17(33)11-9-15;32-18-10-8-16(9-11-18)13-20(33)22(17-5-2-1-3-6-17)31-24-19(14-27-31)25-28-23(21-7-4-12-34-21)29-30(25)15-26-24/h1-7,12,14-15,17,21,33H,8-11,13H2,(H2,26,29);1-7,12,14-16,18,22,32H,8-11,13H2/t15?,17?,21-;16?,18?,22-/m01/s1. The molecule has 2 aliphatic rings. The SMILES string of the molecule is Nc1nc2c(cnn2[C@H](C(=O)CC2CCC(O)CC2)c2ccccc2)c2nc(-c3ccco3)nn12.O=C(CC1CCC(O)CC1)[C@@H](c1ccccc1)n1ncc2c1ncn1nc(-c3ccco3)nc21. The molecule has 0 bridgehead atoms. The van der Waals surface area contributed by atoms with Crippen LogP contribution < -0.4 is 5.73 Å². The number of aliphatic hydroxyl groups excluding tert-OH is 2. The fraction of sp³-hybridized carbons (Fsp3) is 0.320. The van der Waals surface area contributed by atoms with E-state index in [2.05, 4.69) is 40.3 Å². The number of furan rings is 2. The summed E-state index contributed by atoms with van der Waals surface area (Å²) in [7, 11) is 0. The number of hydrogen-bond donors (Lipinski definition) is 3. The number of nitrogens with two attached hydrogens (primary N) is 1. The summed E-state index contributed by atoms with van der Waals surface area (Å²) < 4.78 is 17.3. The highest BCUT2D eigenvalue weighted by molar-refractivity contribution is 5.94. The smallest absolute Gasteiger partial charge is 0.225 e. The molecule has 2 fully saturated rings. The fourth-order valence-corrected chi connectivity index (χ4v) is 9.85. The zero-order valence-corrected chi connectivity index (χ0v) is 37.5. The van der Waals surface area contributed by atoms with Crippen molar-refractivity contribution in [1.29, 1.82) is 0 Å². The predicted octanol–water partition coefficient (Wildman–Crippen LogP) is 7.25. The molecule has 19 heteroatoms. The van der Waals surface area contributed by atoms with Gasteiger partial charge in [0.2, 0.25) is 17.6 Å². The van der Waals surface area contributed by atoms with Crippen molar-refractivity contribution in [1.82, 2.24) is 58.7 Å². The Labute approximate surface area is 393 Å². The number of benzene rings is 2. The van der Waals surface area contributed by atoms with Gasteiger partial charge in [-0.05, 0) is 98.6 Å². The average molecular weight is 928 g/mol. The second-order valence-electron chi connectivity index (χ2n) is 18.0. The third kappa shape index (κ3) is 8.66. The summed E-state index contributed by atoms with van der Waals surface area (Å²) >= 11 is 0. The van der Waals surface area contributed by atoms with E-state index < -0.39 is 12.1 Å². The third-order valence-electron chi connectivity index (χ3n) is 13.4. The fourth-order valence-electron chi connectivity index (χ4n) is 9.85. The number of nitrogens with zero attached hydrogens (tertiary/aromatic N) is 12. The molecular formula is C50H49N13O6. The lowest BCUT2D eigenvalue weighted by Gasteiger charge is -2.26. The second kappa shape index (κ2) is 18.6. The molecule has 0 unspecified atom stereocenters. The number of fused-ring (bicyclic) bond motifs is 6. The van der Waals surface area contributed by atoms with E-state index in [1.54, 1.807) is 69.4 Å². The first kappa shape index (κ1) is 43.7. The Bertz CT molecular complexity index is 3360. The molecule has 2 aromatic carbocycles. The average Bonchev–Trinajstić information content (AvgIpc) is 4.23. The van der Waals surface area contributed by atoms with Crippen molar-refractivity contribution in [3.05, 3.63) is 127 Å². The number of hydrogen-bond acceptors (Lipinski definition) is 15. The van der Waals surface area contributed by atoms with Crippen LogP contribution in [-0.4, -0.2) is 92.7 Å². The van der Waals surface area contributed by atoms with Crippen LogP contribution in [0.1, 0.15) is 87.4 Å². The Hall–Kier alpha value is -7.90. The topological polar surface area (TPSA) is 249 Å². The van der Waals surface area contributed by atoms with Crippen LogP contribution >= 0.6 is 0 Å². The van der Waals surface area contributed by atoms with Gasteiger partial charge in [0.15, 0.2) is 45.7 Å². The van der Waals surface area contributed by atoms with Crippen LogP contribution in [0.3, 0.4) is 0 Å². The molecule has 0 radical (unpaired) electrons. The maximum atomic E-state index is 13.7. The lowest BCUT2D eigenvalue weighted by atomic mass is 9.82. The van der Waals surface area contributed by atoms with Gasteiger partial charge in [-0.3, -0.25) is 9.59 Å². The number of nitrogen functional groups attached to an aromatic ring is 1. The lowest BCUT2D eigenvalue weighted by Crippen LogP contribution is -2.27. The van der Waals surface area contributed by atoms with Gasteiger partial charge >= 0.3 is 0 Å². The molecule has 10 aromatic rings. The molecule has 0 amide bonds. The van der Waals surface area contributed by atoms with Crippen LogP contribution in [0.25, 0.3) is 56.5 Å². The quantitative estimate of drug-likeness (QED) is 0.109. The van der Waals surface area contributed by atoms with E-state index >= 15 is 0 Å². The zero-order valence-electron chi connectivity index (χ0n) is 37.5. The zero-order chi connectivity index (χ0) is 47.0. The minimum Gasteiger partial charge on any atom is -0.461 e.